The average molecular weight is 194 g/mol. The Morgan fingerprint density at radius 3 is 3.00 bits per heavy atom. The van der Waals surface area contributed by atoms with E-state index in [1.807, 2.05) is 0 Å². The van der Waals surface area contributed by atoms with Crippen molar-refractivity contribution in [1.29, 1.82) is 0 Å². The molecule has 2 aliphatic rings. The van der Waals surface area contributed by atoms with Crippen molar-refractivity contribution in [1.82, 2.24) is 10.6 Å². The second-order valence-electron chi connectivity index (χ2n) is 4.19. The lowest BCUT2D eigenvalue weighted by Gasteiger charge is -2.21. The first kappa shape index (κ1) is 9.71. The summed E-state index contributed by atoms with van der Waals surface area (Å²) in [5.41, 5.74) is 0. The number of hydrogen-bond donors (Lipinski definition) is 2. The lowest BCUT2D eigenvalue weighted by molar-refractivity contribution is -0.119. The smallest absolute Gasteiger partial charge is 0.220 e. The van der Waals surface area contributed by atoms with Gasteiger partial charge in [-0.2, -0.15) is 0 Å². The van der Waals surface area contributed by atoms with Crippen LogP contribution in [0, 0.1) is 0 Å². The van der Waals surface area contributed by atoms with Crippen LogP contribution in [0.1, 0.15) is 32.1 Å². The van der Waals surface area contributed by atoms with Gasteiger partial charge >= 0.3 is 0 Å². The highest BCUT2D eigenvalue weighted by atomic mass is 16.1. The van der Waals surface area contributed by atoms with E-state index in [1.54, 1.807) is 0 Å². The standard InChI is InChI=1S/C11H18N2O/c14-11-7-6-10(13-11)8-12-9-4-2-1-3-5-9/h1-2,9-10,12H,3-8H2,(H,13,14). The Bertz CT molecular complexity index is 233. The molecular weight excluding hydrogens is 176 g/mol. The molecule has 2 rings (SSSR count). The van der Waals surface area contributed by atoms with Crippen molar-refractivity contribution in [3.63, 3.8) is 0 Å². The molecule has 0 aromatic carbocycles. The van der Waals surface area contributed by atoms with E-state index in [0.717, 1.165) is 19.4 Å². The number of nitrogens with one attached hydrogen (secondary N) is 2. The molecule has 1 saturated heterocycles. The fourth-order valence-corrected chi connectivity index (χ4v) is 2.12. The van der Waals surface area contributed by atoms with E-state index in [1.165, 1.54) is 12.8 Å². The zero-order valence-corrected chi connectivity index (χ0v) is 8.46. The third-order valence-electron chi connectivity index (χ3n) is 3.01. The van der Waals surface area contributed by atoms with Crippen molar-refractivity contribution in [2.75, 3.05) is 6.54 Å². The maximum Gasteiger partial charge on any atom is 0.220 e. The summed E-state index contributed by atoms with van der Waals surface area (Å²) in [5, 5.41) is 6.49. The predicted octanol–water partition coefficient (Wildman–Crippen LogP) is 0.963. The quantitative estimate of drug-likeness (QED) is 0.657. The Kier molecular flexibility index (Phi) is 3.19. The molecule has 1 aliphatic carbocycles. The lowest BCUT2D eigenvalue weighted by atomic mass is 10.0. The molecule has 0 saturated carbocycles. The van der Waals surface area contributed by atoms with Gasteiger partial charge in [0, 0.05) is 25.0 Å². The van der Waals surface area contributed by atoms with Gasteiger partial charge in [-0.25, -0.2) is 0 Å². The van der Waals surface area contributed by atoms with Crippen molar-refractivity contribution in [3.8, 4) is 0 Å². The number of hydrogen-bond acceptors (Lipinski definition) is 2. The van der Waals surface area contributed by atoms with E-state index in [-0.39, 0.29) is 5.91 Å². The van der Waals surface area contributed by atoms with Gasteiger partial charge in [-0.3, -0.25) is 4.79 Å². The average Bonchev–Trinajstić information content (AvgIpc) is 2.63. The predicted molar refractivity (Wildman–Crippen MR) is 55.9 cm³/mol. The Hall–Kier alpha value is -0.830. The zero-order valence-electron chi connectivity index (χ0n) is 8.46. The summed E-state index contributed by atoms with van der Waals surface area (Å²) in [5.74, 6) is 0.209. The van der Waals surface area contributed by atoms with Gasteiger partial charge in [0.2, 0.25) is 5.91 Å². The minimum Gasteiger partial charge on any atom is -0.352 e. The van der Waals surface area contributed by atoms with Gasteiger partial charge in [-0.15, -0.1) is 0 Å². The topological polar surface area (TPSA) is 41.1 Å². The van der Waals surface area contributed by atoms with Crippen molar-refractivity contribution < 1.29 is 4.79 Å². The van der Waals surface area contributed by atoms with Crippen molar-refractivity contribution >= 4 is 5.91 Å². The highest BCUT2D eigenvalue weighted by Crippen LogP contribution is 2.11. The van der Waals surface area contributed by atoms with Crippen LogP contribution in [0.3, 0.4) is 0 Å². The number of allylic oxidation sites excluding steroid dienone is 1. The first-order valence-electron chi connectivity index (χ1n) is 5.52. The Morgan fingerprint density at radius 1 is 1.43 bits per heavy atom. The van der Waals surface area contributed by atoms with Gasteiger partial charge in [0.1, 0.15) is 0 Å². The molecule has 1 heterocycles. The van der Waals surface area contributed by atoms with E-state index >= 15 is 0 Å². The number of carbonyl (C=O) groups is 1. The normalized spacial score (nSPS) is 31.9. The Balaban J connectivity index is 1.66. The Morgan fingerprint density at radius 2 is 2.36 bits per heavy atom. The minimum atomic E-state index is 0.209. The van der Waals surface area contributed by atoms with Crippen LogP contribution in [0.2, 0.25) is 0 Å². The molecule has 0 aromatic heterocycles. The van der Waals surface area contributed by atoms with Crippen LogP contribution in [0.4, 0.5) is 0 Å². The molecule has 78 valence electrons. The Labute approximate surface area is 84.9 Å². The molecule has 1 aliphatic heterocycles. The lowest BCUT2D eigenvalue weighted by Crippen LogP contribution is -2.40. The van der Waals surface area contributed by atoms with Gasteiger partial charge < -0.3 is 10.6 Å². The SMILES string of the molecule is O=C1CCC(CNC2CC=CCC2)N1. The maximum absolute atomic E-state index is 11.0. The van der Waals surface area contributed by atoms with E-state index in [9.17, 15) is 4.79 Å². The molecule has 0 aromatic rings. The molecule has 0 bridgehead atoms. The summed E-state index contributed by atoms with van der Waals surface area (Å²) in [4.78, 5) is 11.0. The fraction of sp³-hybridized carbons (Fsp3) is 0.727. The molecule has 2 unspecified atom stereocenters. The molecule has 0 spiro atoms. The second kappa shape index (κ2) is 4.60. The van der Waals surface area contributed by atoms with Crippen LogP contribution in [-0.2, 0) is 4.79 Å². The van der Waals surface area contributed by atoms with E-state index in [4.69, 9.17) is 0 Å². The molecule has 3 heteroatoms. The zero-order chi connectivity index (χ0) is 9.80. The number of amides is 1. The first-order valence-corrected chi connectivity index (χ1v) is 5.52. The second-order valence-corrected chi connectivity index (χ2v) is 4.19. The highest BCUT2D eigenvalue weighted by Gasteiger charge is 2.21. The summed E-state index contributed by atoms with van der Waals surface area (Å²) in [7, 11) is 0. The van der Waals surface area contributed by atoms with Crippen LogP contribution >= 0.6 is 0 Å². The van der Waals surface area contributed by atoms with Gasteiger partial charge in [-0.05, 0) is 25.7 Å². The number of rotatable bonds is 3. The molecule has 1 amide bonds. The van der Waals surface area contributed by atoms with Crippen molar-refractivity contribution in [2.24, 2.45) is 0 Å². The van der Waals surface area contributed by atoms with E-state index in [0.29, 0.717) is 18.5 Å². The summed E-state index contributed by atoms with van der Waals surface area (Å²) >= 11 is 0. The molecular formula is C11H18N2O. The molecule has 2 atom stereocenters. The van der Waals surface area contributed by atoms with Gasteiger partial charge in [0.05, 0.1) is 0 Å². The van der Waals surface area contributed by atoms with Crippen molar-refractivity contribution in [2.45, 2.75) is 44.2 Å². The van der Waals surface area contributed by atoms with Crippen LogP contribution in [0.5, 0.6) is 0 Å². The molecule has 2 N–H and O–H groups in total. The maximum atomic E-state index is 11.0. The fourth-order valence-electron chi connectivity index (χ4n) is 2.12. The van der Waals surface area contributed by atoms with Crippen LogP contribution in [0.25, 0.3) is 0 Å². The number of carbonyl (C=O) groups excluding carboxylic acids is 1. The largest absolute Gasteiger partial charge is 0.352 e. The molecule has 1 fully saturated rings. The monoisotopic (exact) mass is 194 g/mol. The van der Waals surface area contributed by atoms with E-state index < -0.39 is 0 Å². The van der Waals surface area contributed by atoms with Gasteiger partial charge in [-0.1, -0.05) is 12.2 Å². The molecule has 0 radical (unpaired) electrons. The van der Waals surface area contributed by atoms with Crippen LogP contribution in [0.15, 0.2) is 12.2 Å². The summed E-state index contributed by atoms with van der Waals surface area (Å²) in [6, 6.07) is 0.992. The van der Waals surface area contributed by atoms with Gasteiger partial charge in [0.25, 0.3) is 0 Å². The van der Waals surface area contributed by atoms with Crippen LogP contribution in [-0.4, -0.2) is 24.5 Å². The molecule has 3 nitrogen and oxygen atoms in total. The minimum absolute atomic E-state index is 0.209. The molecule has 14 heavy (non-hydrogen) atoms. The van der Waals surface area contributed by atoms with E-state index in [2.05, 4.69) is 22.8 Å². The third-order valence-corrected chi connectivity index (χ3v) is 3.01. The summed E-state index contributed by atoms with van der Waals surface area (Å²) < 4.78 is 0. The summed E-state index contributed by atoms with van der Waals surface area (Å²) in [6.07, 6.45) is 9.75. The third kappa shape index (κ3) is 2.58. The highest BCUT2D eigenvalue weighted by molar-refractivity contribution is 5.78. The van der Waals surface area contributed by atoms with Crippen LogP contribution < -0.4 is 10.6 Å². The van der Waals surface area contributed by atoms with Gasteiger partial charge in [0.15, 0.2) is 0 Å². The van der Waals surface area contributed by atoms with Crippen molar-refractivity contribution in [3.05, 3.63) is 12.2 Å². The summed E-state index contributed by atoms with van der Waals surface area (Å²) in [6.45, 7) is 0.935. The first-order chi connectivity index (χ1) is 6.84.